The maximum Gasteiger partial charge on any atom is 0.271 e. The van der Waals surface area contributed by atoms with E-state index >= 15 is 0 Å². The maximum absolute atomic E-state index is 12.4. The van der Waals surface area contributed by atoms with Crippen LogP contribution >= 0.6 is 0 Å². The second-order valence-electron chi connectivity index (χ2n) is 6.90. The van der Waals surface area contributed by atoms with Gasteiger partial charge in [-0.2, -0.15) is 4.68 Å². The van der Waals surface area contributed by atoms with Crippen molar-refractivity contribution in [2.24, 2.45) is 0 Å². The van der Waals surface area contributed by atoms with Crippen LogP contribution in [0.4, 0.5) is 17.2 Å². The molecule has 7 nitrogen and oxygen atoms in total. The van der Waals surface area contributed by atoms with Crippen LogP contribution in [0.2, 0.25) is 0 Å². The van der Waals surface area contributed by atoms with Crippen molar-refractivity contribution in [2.75, 3.05) is 16.4 Å². The van der Waals surface area contributed by atoms with Crippen LogP contribution in [-0.4, -0.2) is 15.7 Å². The molecule has 3 aromatic carbocycles. The van der Waals surface area contributed by atoms with E-state index in [-0.39, 0.29) is 11.5 Å². The number of para-hydroxylation sites is 3. The fraction of sp³-hybridized carbons (Fsp3) is 0.0417. The average Bonchev–Trinajstić information content (AvgIpc) is 2.81. The summed E-state index contributed by atoms with van der Waals surface area (Å²) in [5.41, 5.74) is 8.96. The van der Waals surface area contributed by atoms with E-state index in [0.717, 1.165) is 5.56 Å². The van der Waals surface area contributed by atoms with E-state index in [9.17, 15) is 9.59 Å². The van der Waals surface area contributed by atoms with Gasteiger partial charge in [0.25, 0.3) is 11.5 Å². The molecule has 0 radical (unpaired) electrons. The highest BCUT2D eigenvalue weighted by Gasteiger charge is 2.08. The van der Waals surface area contributed by atoms with E-state index in [2.05, 4.69) is 15.7 Å². The summed E-state index contributed by atoms with van der Waals surface area (Å²) >= 11 is 0. The van der Waals surface area contributed by atoms with E-state index < -0.39 is 0 Å². The zero-order valence-corrected chi connectivity index (χ0v) is 16.7. The largest absolute Gasteiger partial charge is 0.397 e. The molecule has 0 saturated heterocycles. The smallest absolute Gasteiger partial charge is 0.271 e. The standard InChI is InChI=1S/C24H21N5O2/c25-20-8-4-5-9-21(20)27-24(31)18-12-10-17(11-13-18)16-26-22-14-15-23(30)29(28-22)19-6-2-1-3-7-19/h1-15H,16,25H2,(H,26,28)(H,27,31). The maximum atomic E-state index is 12.4. The molecule has 4 aromatic rings. The van der Waals surface area contributed by atoms with Gasteiger partial charge in [0.15, 0.2) is 0 Å². The average molecular weight is 411 g/mol. The molecule has 0 fully saturated rings. The van der Waals surface area contributed by atoms with Gasteiger partial charge >= 0.3 is 0 Å². The summed E-state index contributed by atoms with van der Waals surface area (Å²) < 4.78 is 1.35. The van der Waals surface area contributed by atoms with Gasteiger partial charge in [0.05, 0.1) is 17.1 Å². The van der Waals surface area contributed by atoms with Crippen molar-refractivity contribution in [3.8, 4) is 5.69 Å². The number of nitrogens with two attached hydrogens (primary N) is 1. The van der Waals surface area contributed by atoms with Crippen LogP contribution in [0.25, 0.3) is 5.69 Å². The van der Waals surface area contributed by atoms with Gasteiger partial charge in [-0.05, 0) is 48.0 Å². The van der Waals surface area contributed by atoms with Crippen molar-refractivity contribution in [1.82, 2.24) is 9.78 Å². The molecule has 0 bridgehead atoms. The lowest BCUT2D eigenvalue weighted by atomic mass is 10.1. The van der Waals surface area contributed by atoms with Crippen molar-refractivity contribution in [3.63, 3.8) is 0 Å². The highest BCUT2D eigenvalue weighted by atomic mass is 16.1. The summed E-state index contributed by atoms with van der Waals surface area (Å²) in [4.78, 5) is 24.6. The third-order valence-corrected chi connectivity index (χ3v) is 4.70. The van der Waals surface area contributed by atoms with Crippen LogP contribution in [0, 0.1) is 0 Å². The predicted octanol–water partition coefficient (Wildman–Crippen LogP) is 3.68. The number of carbonyl (C=O) groups is 1. The molecular formula is C24H21N5O2. The first-order chi connectivity index (χ1) is 15.1. The van der Waals surface area contributed by atoms with Crippen molar-refractivity contribution in [2.45, 2.75) is 6.54 Å². The van der Waals surface area contributed by atoms with E-state index in [4.69, 9.17) is 5.73 Å². The van der Waals surface area contributed by atoms with Gasteiger partial charge in [0, 0.05) is 18.2 Å². The van der Waals surface area contributed by atoms with Crippen molar-refractivity contribution < 1.29 is 4.79 Å². The van der Waals surface area contributed by atoms with Gasteiger partial charge in [0.2, 0.25) is 0 Å². The lowest BCUT2D eigenvalue weighted by molar-refractivity contribution is 0.102. The second kappa shape index (κ2) is 8.96. The first-order valence-electron chi connectivity index (χ1n) is 9.74. The van der Waals surface area contributed by atoms with Crippen LogP contribution in [0.3, 0.4) is 0 Å². The molecule has 0 aliphatic heterocycles. The number of aromatic nitrogens is 2. The number of anilines is 3. The molecule has 154 valence electrons. The molecule has 0 unspecified atom stereocenters. The topological polar surface area (TPSA) is 102 Å². The summed E-state index contributed by atoms with van der Waals surface area (Å²) in [7, 11) is 0. The number of nitrogens with zero attached hydrogens (tertiary/aromatic N) is 2. The molecule has 0 aliphatic rings. The Hall–Kier alpha value is -4.39. The monoisotopic (exact) mass is 411 g/mol. The molecule has 1 heterocycles. The SMILES string of the molecule is Nc1ccccc1NC(=O)c1ccc(CNc2ccc(=O)n(-c3ccccc3)n2)cc1. The summed E-state index contributed by atoms with van der Waals surface area (Å²) in [6.45, 7) is 0.494. The second-order valence-corrected chi connectivity index (χ2v) is 6.90. The number of hydrogen-bond donors (Lipinski definition) is 3. The van der Waals surface area contributed by atoms with Gasteiger partial charge in [-0.1, -0.05) is 42.5 Å². The predicted molar refractivity (Wildman–Crippen MR) is 122 cm³/mol. The fourth-order valence-electron chi connectivity index (χ4n) is 3.03. The zero-order chi connectivity index (χ0) is 21.6. The fourth-order valence-corrected chi connectivity index (χ4v) is 3.03. The first kappa shape index (κ1) is 19.9. The number of hydrogen-bond acceptors (Lipinski definition) is 5. The molecule has 31 heavy (non-hydrogen) atoms. The van der Waals surface area contributed by atoms with Gasteiger partial charge in [0.1, 0.15) is 5.82 Å². The first-order valence-corrected chi connectivity index (χ1v) is 9.74. The van der Waals surface area contributed by atoms with E-state index in [0.29, 0.717) is 35.0 Å². The Morgan fingerprint density at radius 2 is 1.58 bits per heavy atom. The van der Waals surface area contributed by atoms with E-state index in [1.165, 1.54) is 10.7 Å². The summed E-state index contributed by atoms with van der Waals surface area (Å²) in [5, 5.41) is 10.4. The third kappa shape index (κ3) is 4.79. The third-order valence-electron chi connectivity index (χ3n) is 4.70. The molecular weight excluding hydrogens is 390 g/mol. The molecule has 0 saturated carbocycles. The van der Waals surface area contributed by atoms with Gasteiger partial charge in [-0.25, -0.2) is 0 Å². The van der Waals surface area contributed by atoms with Crippen molar-refractivity contribution in [3.05, 3.63) is 112 Å². The minimum atomic E-state index is -0.228. The molecule has 4 rings (SSSR count). The molecule has 1 amide bonds. The Kier molecular flexibility index (Phi) is 5.75. The molecule has 7 heteroatoms. The Balaban J connectivity index is 1.41. The highest BCUT2D eigenvalue weighted by molar-refractivity contribution is 6.05. The molecule has 4 N–H and O–H groups in total. The Morgan fingerprint density at radius 3 is 2.32 bits per heavy atom. The Morgan fingerprint density at radius 1 is 0.871 bits per heavy atom. The van der Waals surface area contributed by atoms with Crippen molar-refractivity contribution >= 4 is 23.1 Å². The molecule has 1 aromatic heterocycles. The van der Waals surface area contributed by atoms with Crippen molar-refractivity contribution in [1.29, 1.82) is 0 Å². The van der Waals surface area contributed by atoms with Gasteiger partial charge in [-0.15, -0.1) is 5.10 Å². The number of carbonyl (C=O) groups excluding carboxylic acids is 1. The Labute approximate surface area is 179 Å². The zero-order valence-electron chi connectivity index (χ0n) is 16.7. The molecule has 0 aliphatic carbocycles. The number of nitrogens with one attached hydrogen (secondary N) is 2. The van der Waals surface area contributed by atoms with Crippen LogP contribution in [0.15, 0.2) is 95.8 Å². The van der Waals surface area contributed by atoms with Crippen LogP contribution in [0.1, 0.15) is 15.9 Å². The number of nitrogen functional groups attached to an aromatic ring is 1. The summed E-state index contributed by atoms with van der Waals surface area (Å²) in [6.07, 6.45) is 0. The normalized spacial score (nSPS) is 10.5. The van der Waals surface area contributed by atoms with Crippen LogP contribution in [-0.2, 0) is 6.54 Å². The highest BCUT2D eigenvalue weighted by Crippen LogP contribution is 2.18. The lowest BCUT2D eigenvalue weighted by Crippen LogP contribution is -2.21. The van der Waals surface area contributed by atoms with E-state index in [1.807, 2.05) is 54.6 Å². The number of rotatable bonds is 6. The van der Waals surface area contributed by atoms with E-state index in [1.54, 1.807) is 30.3 Å². The number of amides is 1. The molecule has 0 spiro atoms. The quantitative estimate of drug-likeness (QED) is 0.420. The summed E-state index contributed by atoms with van der Waals surface area (Å²) in [5.74, 6) is 0.346. The number of benzene rings is 3. The van der Waals surface area contributed by atoms with Gasteiger partial charge < -0.3 is 16.4 Å². The van der Waals surface area contributed by atoms with Gasteiger partial charge in [-0.3, -0.25) is 9.59 Å². The minimum absolute atomic E-state index is 0.203. The minimum Gasteiger partial charge on any atom is -0.397 e. The Bertz CT molecular complexity index is 1250. The van der Waals surface area contributed by atoms with Crippen LogP contribution < -0.4 is 21.9 Å². The molecule has 0 atom stereocenters. The van der Waals surface area contributed by atoms with Crippen LogP contribution in [0.5, 0.6) is 0 Å². The lowest BCUT2D eigenvalue weighted by Gasteiger charge is -2.10. The summed E-state index contributed by atoms with van der Waals surface area (Å²) in [6, 6.07) is 26.7.